The Morgan fingerprint density at radius 2 is 2.08 bits per heavy atom. The molecule has 0 radical (unpaired) electrons. The molecule has 1 rings (SSSR count). The zero-order chi connectivity index (χ0) is 8.97. The summed E-state index contributed by atoms with van der Waals surface area (Å²) in [7, 11) is 0. The predicted molar refractivity (Wildman–Crippen MR) is 51.1 cm³/mol. The largest absolute Gasteiger partial charge is 0.388 e. The van der Waals surface area contributed by atoms with Gasteiger partial charge in [-0.1, -0.05) is 38.1 Å². The molecule has 1 heteroatoms. The van der Waals surface area contributed by atoms with Gasteiger partial charge in [0.05, 0.1) is 6.10 Å². The fraction of sp³-hybridized carbons (Fsp3) is 0.455. The lowest BCUT2D eigenvalue weighted by molar-refractivity contribution is 0.173. The van der Waals surface area contributed by atoms with E-state index in [9.17, 15) is 5.11 Å². The number of aliphatic hydroxyl groups is 1. The Morgan fingerprint density at radius 3 is 2.67 bits per heavy atom. The van der Waals surface area contributed by atoms with Crippen LogP contribution in [0.1, 0.15) is 37.5 Å². The van der Waals surface area contributed by atoms with Crippen molar-refractivity contribution < 1.29 is 5.11 Å². The van der Waals surface area contributed by atoms with Gasteiger partial charge in [-0.25, -0.2) is 0 Å². The first-order valence-corrected chi connectivity index (χ1v) is 4.54. The van der Waals surface area contributed by atoms with E-state index in [2.05, 4.69) is 19.1 Å². The van der Waals surface area contributed by atoms with Gasteiger partial charge in [0.1, 0.15) is 0 Å². The first-order chi connectivity index (χ1) is 5.77. The summed E-state index contributed by atoms with van der Waals surface area (Å²) in [6, 6.07) is 8.15. The molecular formula is C11H16O. The molecule has 1 aromatic carbocycles. The third-order valence-corrected chi connectivity index (χ3v) is 2.13. The van der Waals surface area contributed by atoms with Crippen LogP contribution in [-0.2, 0) is 6.42 Å². The maximum atomic E-state index is 9.55. The van der Waals surface area contributed by atoms with Crippen LogP contribution in [-0.4, -0.2) is 5.11 Å². The second-order valence-electron chi connectivity index (χ2n) is 3.02. The van der Waals surface area contributed by atoms with Crippen LogP contribution in [0, 0.1) is 0 Å². The molecule has 1 nitrogen and oxygen atoms in total. The minimum absolute atomic E-state index is 0.295. The Labute approximate surface area is 74.1 Å². The predicted octanol–water partition coefficient (Wildman–Crippen LogP) is 2.69. The Morgan fingerprint density at radius 1 is 1.33 bits per heavy atom. The zero-order valence-corrected chi connectivity index (χ0v) is 7.75. The van der Waals surface area contributed by atoms with Crippen LogP contribution in [0.3, 0.4) is 0 Å². The molecule has 0 aromatic heterocycles. The van der Waals surface area contributed by atoms with E-state index in [0.29, 0.717) is 0 Å². The molecule has 0 aliphatic carbocycles. The van der Waals surface area contributed by atoms with Crippen LogP contribution >= 0.6 is 0 Å². The lowest BCUT2D eigenvalue weighted by Gasteiger charge is -2.08. The van der Waals surface area contributed by atoms with Crippen LogP contribution in [0.5, 0.6) is 0 Å². The Bertz CT molecular complexity index is 243. The van der Waals surface area contributed by atoms with Gasteiger partial charge in [0.2, 0.25) is 0 Å². The topological polar surface area (TPSA) is 20.2 Å². The van der Waals surface area contributed by atoms with Crippen molar-refractivity contribution in [3.63, 3.8) is 0 Å². The van der Waals surface area contributed by atoms with Gasteiger partial charge in [-0.15, -0.1) is 0 Å². The van der Waals surface area contributed by atoms with Gasteiger partial charge in [0.15, 0.2) is 0 Å². The van der Waals surface area contributed by atoms with Crippen LogP contribution < -0.4 is 0 Å². The Balaban J connectivity index is 2.86. The van der Waals surface area contributed by atoms with Crippen molar-refractivity contribution in [2.75, 3.05) is 0 Å². The maximum Gasteiger partial charge on any atom is 0.0787 e. The summed E-state index contributed by atoms with van der Waals surface area (Å²) in [6.07, 6.45) is 1.52. The lowest BCUT2D eigenvalue weighted by Crippen LogP contribution is -1.95. The smallest absolute Gasteiger partial charge is 0.0787 e. The standard InChI is InChI=1S/C11H16O/c1-3-9-6-5-7-10(8-9)11(12)4-2/h5-8,11-12H,3-4H2,1-2H3/t11-/m0/s1. The zero-order valence-electron chi connectivity index (χ0n) is 7.75. The normalized spacial score (nSPS) is 12.9. The molecular weight excluding hydrogens is 148 g/mol. The number of hydrogen-bond acceptors (Lipinski definition) is 1. The fourth-order valence-electron chi connectivity index (χ4n) is 1.26. The maximum absolute atomic E-state index is 9.55. The monoisotopic (exact) mass is 164 g/mol. The minimum atomic E-state index is -0.295. The summed E-state index contributed by atoms with van der Waals surface area (Å²) in [5.41, 5.74) is 2.33. The lowest BCUT2D eigenvalue weighted by atomic mass is 10.0. The van der Waals surface area contributed by atoms with E-state index in [1.807, 2.05) is 19.1 Å². The fourth-order valence-corrected chi connectivity index (χ4v) is 1.26. The number of aliphatic hydroxyl groups excluding tert-OH is 1. The first kappa shape index (κ1) is 9.27. The van der Waals surface area contributed by atoms with E-state index in [1.165, 1.54) is 5.56 Å². The highest BCUT2D eigenvalue weighted by atomic mass is 16.3. The van der Waals surface area contributed by atoms with Gasteiger partial charge in [0.25, 0.3) is 0 Å². The molecule has 0 spiro atoms. The Hall–Kier alpha value is -0.820. The van der Waals surface area contributed by atoms with Crippen molar-refractivity contribution in [3.05, 3.63) is 35.4 Å². The third kappa shape index (κ3) is 2.08. The highest BCUT2D eigenvalue weighted by molar-refractivity contribution is 5.24. The molecule has 0 aliphatic heterocycles. The molecule has 0 aliphatic rings. The van der Waals surface area contributed by atoms with Gasteiger partial charge in [0, 0.05) is 0 Å². The van der Waals surface area contributed by atoms with Gasteiger partial charge >= 0.3 is 0 Å². The van der Waals surface area contributed by atoms with E-state index in [4.69, 9.17) is 0 Å². The minimum Gasteiger partial charge on any atom is -0.388 e. The molecule has 0 heterocycles. The number of hydrogen-bond donors (Lipinski definition) is 1. The molecule has 0 amide bonds. The summed E-state index contributed by atoms with van der Waals surface area (Å²) in [4.78, 5) is 0. The number of benzene rings is 1. The van der Waals surface area contributed by atoms with Gasteiger partial charge in [-0.05, 0) is 24.0 Å². The quantitative estimate of drug-likeness (QED) is 0.728. The highest BCUT2D eigenvalue weighted by Crippen LogP contribution is 2.17. The molecule has 0 saturated heterocycles. The van der Waals surface area contributed by atoms with Crippen molar-refractivity contribution in [2.45, 2.75) is 32.8 Å². The molecule has 1 N–H and O–H groups in total. The average molecular weight is 164 g/mol. The highest BCUT2D eigenvalue weighted by Gasteiger charge is 2.03. The summed E-state index contributed by atoms with van der Waals surface area (Å²) >= 11 is 0. The van der Waals surface area contributed by atoms with Gasteiger partial charge in [-0.2, -0.15) is 0 Å². The van der Waals surface area contributed by atoms with E-state index in [0.717, 1.165) is 18.4 Å². The number of aryl methyl sites for hydroxylation is 1. The number of rotatable bonds is 3. The second kappa shape index (κ2) is 4.27. The second-order valence-corrected chi connectivity index (χ2v) is 3.02. The SMILES string of the molecule is CCc1cccc([C@@H](O)CC)c1. The van der Waals surface area contributed by atoms with Crippen molar-refractivity contribution in [1.29, 1.82) is 0 Å². The summed E-state index contributed by atoms with van der Waals surface area (Å²) in [5, 5.41) is 9.55. The molecule has 1 atom stereocenters. The van der Waals surface area contributed by atoms with Crippen LogP contribution in [0.25, 0.3) is 0 Å². The molecule has 1 aromatic rings. The summed E-state index contributed by atoms with van der Waals surface area (Å²) in [5.74, 6) is 0. The molecule has 0 saturated carbocycles. The molecule has 0 unspecified atom stereocenters. The van der Waals surface area contributed by atoms with E-state index in [-0.39, 0.29) is 6.10 Å². The summed E-state index contributed by atoms with van der Waals surface area (Å²) in [6.45, 7) is 4.11. The van der Waals surface area contributed by atoms with Crippen LogP contribution in [0.4, 0.5) is 0 Å². The Kier molecular flexibility index (Phi) is 3.30. The average Bonchev–Trinajstić information content (AvgIpc) is 2.17. The summed E-state index contributed by atoms with van der Waals surface area (Å²) < 4.78 is 0. The van der Waals surface area contributed by atoms with Crippen molar-refractivity contribution in [2.24, 2.45) is 0 Å². The van der Waals surface area contributed by atoms with E-state index < -0.39 is 0 Å². The van der Waals surface area contributed by atoms with Crippen molar-refractivity contribution in [3.8, 4) is 0 Å². The van der Waals surface area contributed by atoms with Crippen LogP contribution in [0.15, 0.2) is 24.3 Å². The van der Waals surface area contributed by atoms with Crippen LogP contribution in [0.2, 0.25) is 0 Å². The van der Waals surface area contributed by atoms with Crippen molar-refractivity contribution >= 4 is 0 Å². The van der Waals surface area contributed by atoms with E-state index in [1.54, 1.807) is 0 Å². The first-order valence-electron chi connectivity index (χ1n) is 4.54. The third-order valence-electron chi connectivity index (χ3n) is 2.13. The van der Waals surface area contributed by atoms with Crippen molar-refractivity contribution in [1.82, 2.24) is 0 Å². The van der Waals surface area contributed by atoms with Gasteiger partial charge < -0.3 is 5.11 Å². The van der Waals surface area contributed by atoms with Gasteiger partial charge in [-0.3, -0.25) is 0 Å². The molecule has 66 valence electrons. The molecule has 0 fully saturated rings. The van der Waals surface area contributed by atoms with E-state index >= 15 is 0 Å². The molecule has 0 bridgehead atoms. The molecule has 12 heavy (non-hydrogen) atoms.